The van der Waals surface area contributed by atoms with Crippen molar-refractivity contribution in [1.29, 1.82) is 0 Å². The summed E-state index contributed by atoms with van der Waals surface area (Å²) in [5.41, 5.74) is 7.22. The van der Waals surface area contributed by atoms with Gasteiger partial charge in [-0.2, -0.15) is 0 Å². The van der Waals surface area contributed by atoms with Crippen LogP contribution in [0.2, 0.25) is 5.02 Å². The van der Waals surface area contributed by atoms with E-state index in [1.807, 2.05) is 6.92 Å². The molecule has 6 nitrogen and oxygen atoms in total. The summed E-state index contributed by atoms with van der Waals surface area (Å²) >= 11 is 6.09. The topological polar surface area (TPSA) is 88.6 Å². The zero-order valence-corrected chi connectivity index (χ0v) is 17.5. The van der Waals surface area contributed by atoms with Gasteiger partial charge >= 0.3 is 0 Å². The summed E-state index contributed by atoms with van der Waals surface area (Å²) in [5, 5.41) is 3.24. The van der Waals surface area contributed by atoms with Crippen LogP contribution in [-0.4, -0.2) is 35.8 Å². The molecule has 0 saturated carbocycles. The SMILES string of the molecule is Cc1occc1C(=O)Nc1cc(Cl)ccc1C(=O)N1CCC(C(C)N)CC1.Cl. The second-order valence-electron chi connectivity index (χ2n) is 7.02. The van der Waals surface area contributed by atoms with Crippen LogP contribution >= 0.6 is 24.0 Å². The highest BCUT2D eigenvalue weighted by atomic mass is 35.5. The Balaban J connectivity index is 0.00000280. The van der Waals surface area contributed by atoms with E-state index in [0.29, 0.717) is 46.6 Å². The molecule has 28 heavy (non-hydrogen) atoms. The molecule has 0 spiro atoms. The molecule has 152 valence electrons. The molecule has 1 saturated heterocycles. The Kier molecular flexibility index (Phi) is 7.52. The Bertz CT molecular complexity index is 843. The predicted octanol–water partition coefficient (Wildman–Crippen LogP) is 4.11. The Morgan fingerprint density at radius 1 is 1.25 bits per heavy atom. The average Bonchev–Trinajstić information content (AvgIpc) is 3.07. The van der Waals surface area contributed by atoms with Crippen LogP contribution in [0.1, 0.15) is 46.2 Å². The number of aryl methyl sites for hydroxylation is 1. The molecular formula is C20H25Cl2N3O3. The van der Waals surface area contributed by atoms with Crippen molar-refractivity contribution in [2.45, 2.75) is 32.7 Å². The van der Waals surface area contributed by atoms with E-state index < -0.39 is 0 Å². The first-order valence-corrected chi connectivity index (χ1v) is 9.44. The Labute approximate surface area is 175 Å². The van der Waals surface area contributed by atoms with Crippen LogP contribution in [0, 0.1) is 12.8 Å². The molecule has 8 heteroatoms. The monoisotopic (exact) mass is 425 g/mol. The highest BCUT2D eigenvalue weighted by molar-refractivity contribution is 6.31. The number of anilines is 1. The molecule has 1 unspecified atom stereocenters. The van der Waals surface area contributed by atoms with E-state index in [9.17, 15) is 9.59 Å². The Hall–Kier alpha value is -2.02. The number of nitrogens with one attached hydrogen (secondary N) is 1. The van der Waals surface area contributed by atoms with E-state index in [1.165, 1.54) is 6.26 Å². The van der Waals surface area contributed by atoms with Gasteiger partial charge in [-0.1, -0.05) is 11.6 Å². The van der Waals surface area contributed by atoms with E-state index >= 15 is 0 Å². The number of furan rings is 1. The highest BCUT2D eigenvalue weighted by Gasteiger charge is 2.27. The van der Waals surface area contributed by atoms with Gasteiger partial charge in [0.15, 0.2) is 0 Å². The number of hydrogen-bond acceptors (Lipinski definition) is 4. The largest absolute Gasteiger partial charge is 0.469 e. The molecule has 2 heterocycles. The zero-order valence-electron chi connectivity index (χ0n) is 15.9. The number of amides is 2. The quantitative estimate of drug-likeness (QED) is 0.770. The van der Waals surface area contributed by atoms with Gasteiger partial charge < -0.3 is 20.4 Å². The van der Waals surface area contributed by atoms with E-state index in [2.05, 4.69) is 5.32 Å². The van der Waals surface area contributed by atoms with E-state index in [4.69, 9.17) is 21.8 Å². The van der Waals surface area contributed by atoms with Gasteiger partial charge in [-0.3, -0.25) is 9.59 Å². The molecule has 1 aliphatic heterocycles. The lowest BCUT2D eigenvalue weighted by atomic mass is 9.90. The molecule has 1 aliphatic rings. The molecular weight excluding hydrogens is 401 g/mol. The van der Waals surface area contributed by atoms with Crippen LogP contribution < -0.4 is 11.1 Å². The van der Waals surface area contributed by atoms with Crippen LogP contribution in [0.3, 0.4) is 0 Å². The van der Waals surface area contributed by atoms with Gasteiger partial charge in [0.05, 0.1) is 23.1 Å². The third-order valence-corrected chi connectivity index (χ3v) is 5.37. The van der Waals surface area contributed by atoms with E-state index in [-0.39, 0.29) is 30.3 Å². The maximum atomic E-state index is 13.0. The zero-order chi connectivity index (χ0) is 19.6. The molecule has 1 atom stereocenters. The van der Waals surface area contributed by atoms with Crippen molar-refractivity contribution in [3.05, 3.63) is 52.4 Å². The van der Waals surface area contributed by atoms with Crippen LogP contribution in [0.4, 0.5) is 5.69 Å². The first-order chi connectivity index (χ1) is 12.9. The van der Waals surface area contributed by atoms with Crippen molar-refractivity contribution in [3.8, 4) is 0 Å². The van der Waals surface area contributed by atoms with Crippen molar-refractivity contribution < 1.29 is 14.0 Å². The third-order valence-electron chi connectivity index (χ3n) is 5.13. The number of nitrogens with two attached hydrogens (primary N) is 1. The average molecular weight is 426 g/mol. The van der Waals surface area contributed by atoms with E-state index in [0.717, 1.165) is 12.8 Å². The molecule has 1 aromatic carbocycles. The summed E-state index contributed by atoms with van der Waals surface area (Å²) in [6, 6.07) is 6.63. The molecule has 2 amide bonds. The van der Waals surface area contributed by atoms with Gasteiger partial charge in [-0.15, -0.1) is 12.4 Å². The number of benzene rings is 1. The van der Waals surface area contributed by atoms with Crippen LogP contribution in [0.25, 0.3) is 0 Å². The molecule has 3 N–H and O–H groups in total. The van der Waals surface area contributed by atoms with Gasteiger partial charge in [0.2, 0.25) is 0 Å². The minimum Gasteiger partial charge on any atom is -0.469 e. The first kappa shape index (κ1) is 22.3. The number of nitrogens with zero attached hydrogens (tertiary/aromatic N) is 1. The number of halogens is 2. The summed E-state index contributed by atoms with van der Waals surface area (Å²) in [6.07, 6.45) is 3.22. The second kappa shape index (κ2) is 9.45. The van der Waals surface area contributed by atoms with Crippen molar-refractivity contribution in [3.63, 3.8) is 0 Å². The minimum absolute atomic E-state index is 0. The van der Waals surface area contributed by atoms with Crippen LogP contribution in [0.15, 0.2) is 34.9 Å². The predicted molar refractivity (Wildman–Crippen MR) is 112 cm³/mol. The van der Waals surface area contributed by atoms with Crippen molar-refractivity contribution in [2.75, 3.05) is 18.4 Å². The summed E-state index contributed by atoms with van der Waals surface area (Å²) in [6.45, 7) is 5.03. The van der Waals surface area contributed by atoms with Crippen LogP contribution in [0.5, 0.6) is 0 Å². The van der Waals surface area contributed by atoms with Gasteiger partial charge in [0, 0.05) is 24.2 Å². The lowest BCUT2D eigenvalue weighted by molar-refractivity contribution is 0.0682. The number of likely N-dealkylation sites (tertiary alicyclic amines) is 1. The summed E-state index contributed by atoms with van der Waals surface area (Å²) in [5.74, 6) is 0.491. The highest BCUT2D eigenvalue weighted by Crippen LogP contribution is 2.26. The fourth-order valence-corrected chi connectivity index (χ4v) is 3.59. The lowest BCUT2D eigenvalue weighted by Gasteiger charge is -2.34. The number of rotatable bonds is 4. The molecule has 3 rings (SSSR count). The number of hydrogen-bond donors (Lipinski definition) is 2. The number of piperidine rings is 1. The maximum Gasteiger partial charge on any atom is 0.259 e. The molecule has 1 fully saturated rings. The molecule has 1 aromatic heterocycles. The fourth-order valence-electron chi connectivity index (χ4n) is 3.42. The van der Waals surface area contributed by atoms with E-state index in [1.54, 1.807) is 36.1 Å². The van der Waals surface area contributed by atoms with Gasteiger partial charge in [0.1, 0.15) is 5.76 Å². The van der Waals surface area contributed by atoms with Gasteiger partial charge in [-0.25, -0.2) is 0 Å². The summed E-state index contributed by atoms with van der Waals surface area (Å²) in [7, 11) is 0. The summed E-state index contributed by atoms with van der Waals surface area (Å²) < 4.78 is 5.18. The maximum absolute atomic E-state index is 13.0. The van der Waals surface area contributed by atoms with Gasteiger partial charge in [0.25, 0.3) is 11.8 Å². The Morgan fingerprint density at radius 3 is 2.50 bits per heavy atom. The number of carbonyl (C=O) groups excluding carboxylic acids is 2. The van der Waals surface area contributed by atoms with Crippen LogP contribution in [-0.2, 0) is 0 Å². The number of carbonyl (C=O) groups is 2. The van der Waals surface area contributed by atoms with Gasteiger partial charge in [-0.05, 0) is 56.9 Å². The van der Waals surface area contributed by atoms with Crippen molar-refractivity contribution >= 4 is 41.5 Å². The third kappa shape index (κ3) is 4.87. The second-order valence-corrected chi connectivity index (χ2v) is 7.46. The van der Waals surface area contributed by atoms with Crippen molar-refractivity contribution in [1.82, 2.24) is 4.90 Å². The Morgan fingerprint density at radius 2 is 1.93 bits per heavy atom. The fraction of sp³-hybridized carbons (Fsp3) is 0.400. The molecule has 0 radical (unpaired) electrons. The normalized spacial score (nSPS) is 15.6. The molecule has 2 aromatic rings. The minimum atomic E-state index is -0.340. The summed E-state index contributed by atoms with van der Waals surface area (Å²) in [4.78, 5) is 27.4. The first-order valence-electron chi connectivity index (χ1n) is 9.06. The lowest BCUT2D eigenvalue weighted by Crippen LogP contribution is -2.42. The standard InChI is InChI=1S/C20H24ClN3O3.ClH/c1-12(22)14-5-8-24(9-6-14)20(26)17-4-3-15(21)11-18(17)23-19(25)16-7-10-27-13(16)2;/h3-4,7,10-12,14H,5-6,8-9,22H2,1-2H3,(H,23,25);1H. The van der Waals surface area contributed by atoms with Crippen molar-refractivity contribution in [2.24, 2.45) is 11.7 Å². The smallest absolute Gasteiger partial charge is 0.259 e. The molecule has 0 aliphatic carbocycles. The molecule has 0 bridgehead atoms.